The Balaban J connectivity index is 1.50. The standard InChI is InChI=1S/C13H13N3O2S/c1-2-14-15-5-9(1)10-6-16(7-10)13-12-11(8-19-13)17-3-4-18-12/h1-2,5,8,10H,3-4,6-7H2. The monoisotopic (exact) mass is 275 g/mol. The van der Waals surface area contributed by atoms with Crippen molar-refractivity contribution in [2.75, 3.05) is 31.2 Å². The molecule has 0 N–H and O–H groups in total. The van der Waals surface area contributed by atoms with Gasteiger partial charge in [-0.1, -0.05) is 0 Å². The van der Waals surface area contributed by atoms with Crippen LogP contribution in [-0.2, 0) is 0 Å². The average Bonchev–Trinajstić information content (AvgIpc) is 2.83. The van der Waals surface area contributed by atoms with Gasteiger partial charge in [0.25, 0.3) is 0 Å². The van der Waals surface area contributed by atoms with Gasteiger partial charge in [0, 0.05) is 30.6 Å². The van der Waals surface area contributed by atoms with Crippen LogP contribution in [0.4, 0.5) is 5.00 Å². The summed E-state index contributed by atoms with van der Waals surface area (Å²) in [5.41, 5.74) is 1.26. The zero-order valence-electron chi connectivity index (χ0n) is 10.3. The van der Waals surface area contributed by atoms with Gasteiger partial charge in [0.2, 0.25) is 0 Å². The third-order valence-electron chi connectivity index (χ3n) is 3.53. The molecule has 2 aliphatic heterocycles. The maximum absolute atomic E-state index is 5.71. The number of fused-ring (bicyclic) bond motifs is 1. The first kappa shape index (κ1) is 11.0. The van der Waals surface area contributed by atoms with Crippen molar-refractivity contribution in [3.8, 4) is 11.5 Å². The molecule has 19 heavy (non-hydrogen) atoms. The molecule has 2 aromatic heterocycles. The van der Waals surface area contributed by atoms with Crippen molar-refractivity contribution < 1.29 is 9.47 Å². The highest BCUT2D eigenvalue weighted by atomic mass is 32.1. The average molecular weight is 275 g/mol. The highest BCUT2D eigenvalue weighted by molar-refractivity contribution is 7.15. The van der Waals surface area contributed by atoms with Gasteiger partial charge in [-0.2, -0.15) is 10.2 Å². The van der Waals surface area contributed by atoms with Crippen LogP contribution >= 0.6 is 11.3 Å². The van der Waals surface area contributed by atoms with E-state index in [2.05, 4.69) is 15.1 Å². The minimum atomic E-state index is 0.540. The molecule has 0 aromatic carbocycles. The van der Waals surface area contributed by atoms with Crippen LogP contribution in [-0.4, -0.2) is 36.5 Å². The van der Waals surface area contributed by atoms with E-state index in [4.69, 9.17) is 9.47 Å². The van der Waals surface area contributed by atoms with Gasteiger partial charge in [-0.05, 0) is 11.6 Å². The molecule has 2 aromatic rings. The van der Waals surface area contributed by atoms with Crippen molar-refractivity contribution in [2.24, 2.45) is 0 Å². The summed E-state index contributed by atoms with van der Waals surface area (Å²) >= 11 is 1.69. The smallest absolute Gasteiger partial charge is 0.196 e. The number of ether oxygens (including phenoxy) is 2. The van der Waals surface area contributed by atoms with Crippen LogP contribution in [0.2, 0.25) is 0 Å². The largest absolute Gasteiger partial charge is 0.485 e. The first-order valence-electron chi connectivity index (χ1n) is 6.30. The fraction of sp³-hybridized carbons (Fsp3) is 0.385. The van der Waals surface area contributed by atoms with Gasteiger partial charge in [-0.25, -0.2) is 0 Å². The number of rotatable bonds is 2. The molecule has 0 aliphatic carbocycles. The lowest BCUT2D eigenvalue weighted by Gasteiger charge is -2.40. The molecule has 4 heterocycles. The number of hydrogen-bond donors (Lipinski definition) is 0. The molecular weight excluding hydrogens is 262 g/mol. The summed E-state index contributed by atoms with van der Waals surface area (Å²) in [6, 6.07) is 2.04. The van der Waals surface area contributed by atoms with Crippen LogP contribution in [0.1, 0.15) is 11.5 Å². The van der Waals surface area contributed by atoms with Gasteiger partial charge in [0.1, 0.15) is 18.2 Å². The minimum Gasteiger partial charge on any atom is -0.485 e. The lowest BCUT2D eigenvalue weighted by molar-refractivity contribution is 0.173. The highest BCUT2D eigenvalue weighted by Gasteiger charge is 2.33. The highest BCUT2D eigenvalue weighted by Crippen LogP contribution is 2.48. The Labute approximate surface area is 114 Å². The normalized spacial score (nSPS) is 18.2. The summed E-state index contributed by atoms with van der Waals surface area (Å²) in [6.45, 7) is 3.29. The van der Waals surface area contributed by atoms with E-state index in [1.807, 2.05) is 17.6 Å². The maximum atomic E-state index is 5.71. The van der Waals surface area contributed by atoms with E-state index >= 15 is 0 Å². The zero-order chi connectivity index (χ0) is 12.7. The van der Waals surface area contributed by atoms with Crippen LogP contribution in [0.25, 0.3) is 0 Å². The van der Waals surface area contributed by atoms with Crippen molar-refractivity contribution >= 4 is 16.3 Å². The molecular formula is C13H13N3O2S. The topological polar surface area (TPSA) is 47.5 Å². The molecule has 0 atom stereocenters. The second kappa shape index (κ2) is 4.38. The molecule has 2 aliphatic rings. The van der Waals surface area contributed by atoms with Gasteiger partial charge in [0.05, 0.1) is 6.20 Å². The SMILES string of the molecule is c1cc(C2CN(c3scc4c3OCCO4)C2)cnn1. The van der Waals surface area contributed by atoms with E-state index in [0.717, 1.165) is 24.6 Å². The van der Waals surface area contributed by atoms with E-state index in [-0.39, 0.29) is 0 Å². The van der Waals surface area contributed by atoms with Crippen LogP contribution in [0.15, 0.2) is 23.8 Å². The number of thiophene rings is 1. The number of hydrogen-bond acceptors (Lipinski definition) is 6. The third kappa shape index (κ3) is 1.83. The lowest BCUT2D eigenvalue weighted by Crippen LogP contribution is -2.44. The van der Waals surface area contributed by atoms with E-state index < -0.39 is 0 Å². The van der Waals surface area contributed by atoms with Crippen LogP contribution in [0.3, 0.4) is 0 Å². The molecule has 0 spiro atoms. The van der Waals surface area contributed by atoms with Gasteiger partial charge in [-0.15, -0.1) is 11.3 Å². The first-order chi connectivity index (χ1) is 9.42. The third-order valence-corrected chi connectivity index (χ3v) is 4.53. The lowest BCUT2D eigenvalue weighted by atomic mass is 9.93. The minimum absolute atomic E-state index is 0.540. The maximum Gasteiger partial charge on any atom is 0.196 e. The van der Waals surface area contributed by atoms with Gasteiger partial charge < -0.3 is 14.4 Å². The fourth-order valence-electron chi connectivity index (χ4n) is 2.47. The molecule has 4 rings (SSSR count). The van der Waals surface area contributed by atoms with Crippen molar-refractivity contribution in [2.45, 2.75) is 5.92 Å². The van der Waals surface area contributed by atoms with E-state index in [9.17, 15) is 0 Å². The predicted molar refractivity (Wildman–Crippen MR) is 72.3 cm³/mol. The quantitative estimate of drug-likeness (QED) is 0.838. The van der Waals surface area contributed by atoms with Crippen LogP contribution < -0.4 is 14.4 Å². The Morgan fingerprint density at radius 2 is 2.11 bits per heavy atom. The van der Waals surface area contributed by atoms with Crippen molar-refractivity contribution in [3.63, 3.8) is 0 Å². The molecule has 5 nitrogen and oxygen atoms in total. The number of aromatic nitrogens is 2. The molecule has 6 heteroatoms. The molecule has 0 bridgehead atoms. The van der Waals surface area contributed by atoms with Crippen molar-refractivity contribution in [1.82, 2.24) is 10.2 Å². The van der Waals surface area contributed by atoms with E-state index in [1.165, 1.54) is 10.6 Å². The van der Waals surface area contributed by atoms with Crippen LogP contribution in [0.5, 0.6) is 11.5 Å². The Hall–Kier alpha value is -1.82. The van der Waals surface area contributed by atoms with Gasteiger partial charge in [-0.3, -0.25) is 0 Å². The van der Waals surface area contributed by atoms with Gasteiger partial charge >= 0.3 is 0 Å². The summed E-state index contributed by atoms with van der Waals surface area (Å²) in [6.07, 6.45) is 3.60. The van der Waals surface area contributed by atoms with E-state index in [1.54, 1.807) is 17.5 Å². The Morgan fingerprint density at radius 1 is 1.21 bits per heavy atom. The summed E-state index contributed by atoms with van der Waals surface area (Å²) in [7, 11) is 0. The number of anilines is 1. The predicted octanol–water partition coefficient (Wildman–Crippen LogP) is 1.91. The molecule has 0 amide bonds. The Morgan fingerprint density at radius 3 is 2.95 bits per heavy atom. The summed E-state index contributed by atoms with van der Waals surface area (Å²) < 4.78 is 11.3. The Bertz CT molecular complexity index is 581. The van der Waals surface area contributed by atoms with Crippen molar-refractivity contribution in [1.29, 1.82) is 0 Å². The fourth-order valence-corrected chi connectivity index (χ4v) is 3.42. The van der Waals surface area contributed by atoms with Gasteiger partial charge in [0.15, 0.2) is 11.5 Å². The molecule has 1 saturated heterocycles. The second-order valence-corrected chi connectivity index (χ2v) is 5.57. The molecule has 1 fully saturated rings. The summed E-state index contributed by atoms with van der Waals surface area (Å²) in [5.74, 6) is 2.35. The van der Waals surface area contributed by atoms with E-state index in [0.29, 0.717) is 19.1 Å². The second-order valence-electron chi connectivity index (χ2n) is 4.71. The summed E-state index contributed by atoms with van der Waals surface area (Å²) in [5, 5.41) is 11.0. The summed E-state index contributed by atoms with van der Waals surface area (Å²) in [4.78, 5) is 2.34. The van der Waals surface area contributed by atoms with Crippen molar-refractivity contribution in [3.05, 3.63) is 29.4 Å². The molecule has 0 saturated carbocycles. The van der Waals surface area contributed by atoms with Crippen LogP contribution in [0, 0.1) is 0 Å². The molecule has 0 unspecified atom stereocenters. The molecule has 0 radical (unpaired) electrons. The molecule has 98 valence electrons. The number of nitrogens with zero attached hydrogens (tertiary/aromatic N) is 3. The Kier molecular flexibility index (Phi) is 2.55. The first-order valence-corrected chi connectivity index (χ1v) is 7.18. The zero-order valence-corrected chi connectivity index (χ0v) is 11.1.